The van der Waals surface area contributed by atoms with Crippen LogP contribution < -0.4 is 10.2 Å². The van der Waals surface area contributed by atoms with Crippen LogP contribution in [0.3, 0.4) is 0 Å². The maximum Gasteiger partial charge on any atom is 0.414 e. The Hall–Kier alpha value is -2.64. The van der Waals surface area contributed by atoms with E-state index in [0.717, 1.165) is 0 Å². The number of ether oxygens (including phenoxy) is 1. The van der Waals surface area contributed by atoms with Crippen LogP contribution in [0.25, 0.3) is 0 Å². The van der Waals surface area contributed by atoms with Gasteiger partial charge in [0.1, 0.15) is 6.10 Å². The van der Waals surface area contributed by atoms with E-state index in [1.807, 2.05) is 0 Å². The van der Waals surface area contributed by atoms with Crippen LogP contribution in [0.2, 0.25) is 0 Å². The molecule has 0 radical (unpaired) electrons. The second kappa shape index (κ2) is 5.55. The number of hydrogen-bond donors (Lipinski definition) is 1. The highest BCUT2D eigenvalue weighted by molar-refractivity contribution is 5.89. The van der Waals surface area contributed by atoms with Crippen molar-refractivity contribution in [2.75, 3.05) is 18.0 Å². The van der Waals surface area contributed by atoms with Crippen LogP contribution in [0.5, 0.6) is 0 Å². The molecule has 0 bridgehead atoms. The van der Waals surface area contributed by atoms with Gasteiger partial charge in [-0.2, -0.15) is 0 Å². The Labute approximate surface area is 114 Å². The zero-order valence-electron chi connectivity index (χ0n) is 10.7. The van der Waals surface area contributed by atoms with Crippen molar-refractivity contribution in [3.8, 4) is 0 Å². The first-order chi connectivity index (χ1) is 9.47. The SMILES string of the molecule is CC(=O)NC[C@H]1CN(c2ccc([N+](=O)[O-])cc2)C(=O)O1. The Bertz CT molecular complexity index is 543. The van der Waals surface area contributed by atoms with Gasteiger partial charge in [0, 0.05) is 24.7 Å². The first-order valence-corrected chi connectivity index (χ1v) is 5.94. The number of nitrogens with zero attached hydrogens (tertiary/aromatic N) is 2. The van der Waals surface area contributed by atoms with E-state index in [4.69, 9.17) is 4.74 Å². The summed E-state index contributed by atoms with van der Waals surface area (Å²) in [5.74, 6) is -0.199. The van der Waals surface area contributed by atoms with E-state index in [1.54, 1.807) is 0 Å². The molecule has 1 aliphatic heterocycles. The van der Waals surface area contributed by atoms with Gasteiger partial charge in [-0.05, 0) is 12.1 Å². The van der Waals surface area contributed by atoms with Gasteiger partial charge in [-0.15, -0.1) is 0 Å². The molecule has 1 heterocycles. The highest BCUT2D eigenvalue weighted by Gasteiger charge is 2.32. The molecular formula is C12H13N3O5. The van der Waals surface area contributed by atoms with Crippen LogP contribution in [-0.2, 0) is 9.53 Å². The minimum Gasteiger partial charge on any atom is -0.442 e. The molecule has 1 aromatic rings. The van der Waals surface area contributed by atoms with Crippen molar-refractivity contribution in [1.29, 1.82) is 0 Å². The summed E-state index contributed by atoms with van der Waals surface area (Å²) in [6.07, 6.45) is -0.962. The molecular weight excluding hydrogens is 266 g/mol. The van der Waals surface area contributed by atoms with Crippen molar-refractivity contribution in [3.63, 3.8) is 0 Å². The molecule has 1 aromatic carbocycles. The number of anilines is 1. The molecule has 0 aliphatic carbocycles. The molecule has 1 atom stereocenters. The summed E-state index contributed by atoms with van der Waals surface area (Å²) in [5.41, 5.74) is 0.474. The standard InChI is InChI=1S/C12H13N3O5/c1-8(16)13-6-11-7-14(12(17)20-11)9-2-4-10(5-3-9)15(18)19/h2-5,11H,6-7H2,1H3,(H,13,16)/t11-/m0/s1. The number of cyclic esters (lactones) is 1. The molecule has 2 rings (SSSR count). The molecule has 0 spiro atoms. The minimum atomic E-state index is -0.533. The first kappa shape index (κ1) is 13.8. The van der Waals surface area contributed by atoms with Crippen LogP contribution in [0.4, 0.5) is 16.2 Å². The van der Waals surface area contributed by atoms with Crippen LogP contribution in [0.1, 0.15) is 6.92 Å². The fourth-order valence-electron chi connectivity index (χ4n) is 1.85. The number of hydrogen-bond acceptors (Lipinski definition) is 5. The van der Waals surface area contributed by atoms with E-state index in [0.29, 0.717) is 5.69 Å². The average Bonchev–Trinajstić information content (AvgIpc) is 2.78. The number of carbonyl (C=O) groups excluding carboxylic acids is 2. The van der Waals surface area contributed by atoms with E-state index < -0.39 is 17.1 Å². The lowest BCUT2D eigenvalue weighted by atomic mass is 10.2. The van der Waals surface area contributed by atoms with Gasteiger partial charge in [0.2, 0.25) is 5.91 Å². The van der Waals surface area contributed by atoms with Crippen molar-refractivity contribution in [3.05, 3.63) is 34.4 Å². The van der Waals surface area contributed by atoms with Gasteiger partial charge < -0.3 is 10.1 Å². The number of nitrogens with one attached hydrogen (secondary N) is 1. The third kappa shape index (κ3) is 3.02. The number of nitro benzene ring substituents is 1. The van der Waals surface area contributed by atoms with Gasteiger partial charge in [-0.25, -0.2) is 4.79 Å². The smallest absolute Gasteiger partial charge is 0.414 e. The Morgan fingerprint density at radius 3 is 2.70 bits per heavy atom. The Morgan fingerprint density at radius 1 is 1.50 bits per heavy atom. The van der Waals surface area contributed by atoms with Gasteiger partial charge in [-0.3, -0.25) is 19.8 Å². The third-order valence-electron chi connectivity index (χ3n) is 2.82. The van der Waals surface area contributed by atoms with Gasteiger partial charge >= 0.3 is 6.09 Å². The number of nitro groups is 1. The molecule has 0 saturated carbocycles. The normalized spacial score (nSPS) is 17.8. The van der Waals surface area contributed by atoms with Crippen LogP contribution in [0, 0.1) is 10.1 Å². The topological polar surface area (TPSA) is 102 Å². The molecule has 8 nitrogen and oxygen atoms in total. The predicted molar refractivity (Wildman–Crippen MR) is 69.4 cm³/mol. The molecule has 8 heteroatoms. The second-order valence-electron chi connectivity index (χ2n) is 4.33. The van der Waals surface area contributed by atoms with E-state index in [9.17, 15) is 19.7 Å². The maximum atomic E-state index is 11.7. The zero-order chi connectivity index (χ0) is 14.7. The predicted octanol–water partition coefficient (Wildman–Crippen LogP) is 1.06. The summed E-state index contributed by atoms with van der Waals surface area (Å²) >= 11 is 0. The molecule has 106 valence electrons. The van der Waals surface area contributed by atoms with Gasteiger partial charge in [0.05, 0.1) is 18.0 Å². The molecule has 1 N–H and O–H groups in total. The van der Waals surface area contributed by atoms with Crippen LogP contribution in [-0.4, -0.2) is 36.1 Å². The zero-order valence-corrected chi connectivity index (χ0v) is 10.7. The summed E-state index contributed by atoms with van der Waals surface area (Å²) in [5, 5.41) is 13.1. The number of non-ortho nitro benzene ring substituents is 1. The fourth-order valence-corrected chi connectivity index (χ4v) is 1.85. The lowest BCUT2D eigenvalue weighted by molar-refractivity contribution is -0.384. The summed E-state index contributed by atoms with van der Waals surface area (Å²) < 4.78 is 5.09. The number of carbonyl (C=O) groups is 2. The van der Waals surface area contributed by atoms with Crippen molar-refractivity contribution >= 4 is 23.4 Å². The van der Waals surface area contributed by atoms with Crippen molar-refractivity contribution in [2.45, 2.75) is 13.0 Å². The first-order valence-electron chi connectivity index (χ1n) is 5.94. The number of rotatable bonds is 4. The summed E-state index contributed by atoms with van der Waals surface area (Å²) in [6, 6.07) is 5.62. The lowest BCUT2D eigenvalue weighted by Gasteiger charge is -2.12. The average molecular weight is 279 g/mol. The Kier molecular flexibility index (Phi) is 3.83. The number of amides is 2. The molecule has 1 saturated heterocycles. The Morgan fingerprint density at radius 2 is 2.15 bits per heavy atom. The van der Waals surface area contributed by atoms with Crippen LogP contribution in [0.15, 0.2) is 24.3 Å². The second-order valence-corrected chi connectivity index (χ2v) is 4.33. The van der Waals surface area contributed by atoms with E-state index in [2.05, 4.69) is 5.32 Å². The minimum absolute atomic E-state index is 0.0453. The monoisotopic (exact) mass is 279 g/mol. The summed E-state index contributed by atoms with van der Waals surface area (Å²) in [6.45, 7) is 1.91. The van der Waals surface area contributed by atoms with E-state index in [1.165, 1.54) is 36.1 Å². The summed E-state index contributed by atoms with van der Waals surface area (Å²) in [7, 11) is 0. The lowest BCUT2D eigenvalue weighted by Crippen LogP contribution is -2.33. The molecule has 2 amide bonds. The number of benzene rings is 1. The highest BCUT2D eigenvalue weighted by Crippen LogP contribution is 2.23. The third-order valence-corrected chi connectivity index (χ3v) is 2.82. The van der Waals surface area contributed by atoms with Crippen LogP contribution >= 0.6 is 0 Å². The largest absolute Gasteiger partial charge is 0.442 e. The van der Waals surface area contributed by atoms with E-state index >= 15 is 0 Å². The molecule has 0 unspecified atom stereocenters. The van der Waals surface area contributed by atoms with E-state index in [-0.39, 0.29) is 24.7 Å². The Balaban J connectivity index is 2.03. The van der Waals surface area contributed by atoms with Crippen molar-refractivity contribution in [2.24, 2.45) is 0 Å². The summed E-state index contributed by atoms with van der Waals surface area (Å²) in [4.78, 5) is 33.9. The molecule has 20 heavy (non-hydrogen) atoms. The molecule has 1 fully saturated rings. The quantitative estimate of drug-likeness (QED) is 0.655. The highest BCUT2D eigenvalue weighted by atomic mass is 16.6. The molecule has 0 aromatic heterocycles. The van der Waals surface area contributed by atoms with Crippen molar-refractivity contribution < 1.29 is 19.2 Å². The molecule has 1 aliphatic rings. The van der Waals surface area contributed by atoms with Crippen molar-refractivity contribution in [1.82, 2.24) is 5.32 Å². The van der Waals surface area contributed by atoms with Gasteiger partial charge in [0.25, 0.3) is 5.69 Å². The fraction of sp³-hybridized carbons (Fsp3) is 0.333. The van der Waals surface area contributed by atoms with Gasteiger partial charge in [0.15, 0.2) is 0 Å². The maximum absolute atomic E-state index is 11.7. The van der Waals surface area contributed by atoms with Gasteiger partial charge in [-0.1, -0.05) is 0 Å².